The van der Waals surface area contributed by atoms with Gasteiger partial charge in [-0.05, 0) is 48.5 Å². The maximum Gasteiger partial charge on any atom is 0.417 e. The minimum absolute atomic E-state index is 0.0571. The van der Waals surface area contributed by atoms with Crippen molar-refractivity contribution in [1.82, 2.24) is 4.98 Å². The molecule has 1 aromatic heterocycles. The third kappa shape index (κ3) is 2.59. The van der Waals surface area contributed by atoms with Crippen LogP contribution in [-0.4, -0.2) is 4.98 Å². The highest BCUT2D eigenvalue weighted by Crippen LogP contribution is 2.37. The summed E-state index contributed by atoms with van der Waals surface area (Å²) in [5.41, 5.74) is 5.70. The molecule has 0 radical (unpaired) electrons. The monoisotopic (exact) mass is 306 g/mol. The number of aromatic nitrogens is 1. The van der Waals surface area contributed by atoms with E-state index in [9.17, 15) is 17.6 Å². The minimum atomic E-state index is -4.54. The first-order valence-electron chi connectivity index (χ1n) is 6.38. The number of hydrogen-bond acceptors (Lipinski definition) is 2. The van der Waals surface area contributed by atoms with E-state index in [2.05, 4.69) is 4.98 Å². The molecule has 2 N–H and O–H groups in total. The molecule has 0 amide bonds. The summed E-state index contributed by atoms with van der Waals surface area (Å²) in [6, 6.07) is 10.3. The summed E-state index contributed by atoms with van der Waals surface area (Å²) < 4.78 is 52.8. The number of nitrogen functional groups attached to an aromatic ring is 1. The highest BCUT2D eigenvalue weighted by atomic mass is 19.4. The number of nitrogens with zero attached hydrogens (tertiary/aromatic N) is 1. The maximum atomic E-state index is 13.3. The Balaban J connectivity index is 2.29. The van der Waals surface area contributed by atoms with Gasteiger partial charge in [0.05, 0.1) is 16.8 Å². The van der Waals surface area contributed by atoms with Crippen LogP contribution in [0.3, 0.4) is 0 Å². The largest absolute Gasteiger partial charge is 0.417 e. The van der Waals surface area contributed by atoms with Crippen LogP contribution in [0.15, 0.2) is 48.5 Å². The van der Waals surface area contributed by atoms with E-state index in [1.54, 1.807) is 0 Å². The molecule has 6 heteroatoms. The van der Waals surface area contributed by atoms with Gasteiger partial charge in [-0.25, -0.2) is 9.37 Å². The fourth-order valence-electron chi connectivity index (χ4n) is 2.25. The lowest BCUT2D eigenvalue weighted by Crippen LogP contribution is -2.07. The first kappa shape index (κ1) is 14.3. The summed E-state index contributed by atoms with van der Waals surface area (Å²) in [6.45, 7) is 0. The maximum absolute atomic E-state index is 13.3. The van der Waals surface area contributed by atoms with E-state index < -0.39 is 17.6 Å². The Bertz CT molecular complexity index is 839. The van der Waals surface area contributed by atoms with Crippen LogP contribution in [0, 0.1) is 5.82 Å². The fourth-order valence-corrected chi connectivity index (χ4v) is 2.25. The zero-order valence-electron chi connectivity index (χ0n) is 11.2. The summed E-state index contributed by atoms with van der Waals surface area (Å²) in [5, 5.41) is -0.0571. The van der Waals surface area contributed by atoms with E-state index in [1.807, 2.05) is 0 Å². The molecule has 0 spiro atoms. The zero-order valence-corrected chi connectivity index (χ0v) is 11.2. The Morgan fingerprint density at radius 1 is 0.909 bits per heavy atom. The van der Waals surface area contributed by atoms with Crippen molar-refractivity contribution in [1.29, 1.82) is 0 Å². The Morgan fingerprint density at radius 2 is 1.59 bits per heavy atom. The summed E-state index contributed by atoms with van der Waals surface area (Å²) >= 11 is 0. The highest BCUT2D eigenvalue weighted by molar-refractivity contribution is 5.88. The van der Waals surface area contributed by atoms with Crippen LogP contribution in [-0.2, 0) is 6.18 Å². The molecule has 0 aliphatic rings. The lowest BCUT2D eigenvalue weighted by Gasteiger charge is -2.13. The zero-order chi connectivity index (χ0) is 15.9. The minimum Gasteiger partial charge on any atom is -0.399 e. The van der Waals surface area contributed by atoms with E-state index in [1.165, 1.54) is 42.5 Å². The average Bonchev–Trinajstić information content (AvgIpc) is 2.46. The topological polar surface area (TPSA) is 38.9 Å². The normalized spacial score (nSPS) is 11.8. The van der Waals surface area contributed by atoms with E-state index in [0.29, 0.717) is 5.56 Å². The molecule has 0 saturated carbocycles. The number of fused-ring (bicyclic) bond motifs is 1. The third-order valence-electron chi connectivity index (χ3n) is 3.28. The van der Waals surface area contributed by atoms with Crippen molar-refractivity contribution in [2.24, 2.45) is 0 Å². The van der Waals surface area contributed by atoms with E-state index in [-0.39, 0.29) is 22.3 Å². The van der Waals surface area contributed by atoms with Crippen molar-refractivity contribution in [2.45, 2.75) is 6.18 Å². The smallest absolute Gasteiger partial charge is 0.399 e. The van der Waals surface area contributed by atoms with Crippen LogP contribution < -0.4 is 5.73 Å². The molecule has 1 heterocycles. The molecular formula is C16H10F4N2. The third-order valence-corrected chi connectivity index (χ3v) is 3.28. The van der Waals surface area contributed by atoms with E-state index >= 15 is 0 Å². The van der Waals surface area contributed by atoms with Gasteiger partial charge in [-0.2, -0.15) is 13.2 Å². The van der Waals surface area contributed by atoms with Gasteiger partial charge in [0, 0.05) is 16.6 Å². The Labute approximate surface area is 123 Å². The number of benzene rings is 2. The van der Waals surface area contributed by atoms with Crippen molar-refractivity contribution in [3.8, 4) is 11.3 Å². The molecule has 0 bridgehead atoms. The molecule has 0 aliphatic carbocycles. The Kier molecular flexibility index (Phi) is 3.24. The molecule has 22 heavy (non-hydrogen) atoms. The van der Waals surface area contributed by atoms with E-state index in [4.69, 9.17) is 5.73 Å². The molecule has 0 aliphatic heterocycles. The van der Waals surface area contributed by atoms with Crippen molar-refractivity contribution < 1.29 is 17.6 Å². The van der Waals surface area contributed by atoms with Crippen LogP contribution in [0.5, 0.6) is 0 Å². The van der Waals surface area contributed by atoms with Crippen LogP contribution in [0.1, 0.15) is 5.56 Å². The first-order valence-corrected chi connectivity index (χ1v) is 6.38. The van der Waals surface area contributed by atoms with Crippen LogP contribution in [0.2, 0.25) is 0 Å². The SMILES string of the molecule is Nc1ccc2nc(-c3ccc(F)cc3)cc(C(F)(F)F)c2c1. The molecule has 0 fully saturated rings. The Hall–Kier alpha value is -2.63. The van der Waals surface area contributed by atoms with Crippen LogP contribution in [0.4, 0.5) is 23.2 Å². The van der Waals surface area contributed by atoms with Crippen LogP contribution >= 0.6 is 0 Å². The number of alkyl halides is 3. The quantitative estimate of drug-likeness (QED) is 0.525. The van der Waals surface area contributed by atoms with Crippen molar-refractivity contribution in [2.75, 3.05) is 5.73 Å². The number of pyridine rings is 1. The Morgan fingerprint density at radius 3 is 2.23 bits per heavy atom. The van der Waals surface area contributed by atoms with Crippen molar-refractivity contribution in [3.63, 3.8) is 0 Å². The number of halogens is 4. The number of nitrogens with two attached hydrogens (primary N) is 1. The van der Waals surface area contributed by atoms with Gasteiger partial charge in [-0.15, -0.1) is 0 Å². The standard InChI is InChI=1S/C16H10F4N2/c17-10-3-1-9(2-4-10)15-8-13(16(18,19)20)12-7-11(21)5-6-14(12)22-15/h1-8H,21H2. The molecule has 0 saturated heterocycles. The van der Waals surface area contributed by atoms with Gasteiger partial charge in [0.2, 0.25) is 0 Å². The highest BCUT2D eigenvalue weighted by Gasteiger charge is 2.33. The lowest BCUT2D eigenvalue weighted by molar-refractivity contribution is -0.136. The summed E-state index contributed by atoms with van der Waals surface area (Å²) in [5.74, 6) is -0.464. The fraction of sp³-hybridized carbons (Fsp3) is 0.0625. The van der Waals surface area contributed by atoms with Crippen LogP contribution in [0.25, 0.3) is 22.2 Å². The predicted octanol–water partition coefficient (Wildman–Crippen LogP) is 4.64. The molecule has 3 aromatic rings. The summed E-state index contributed by atoms with van der Waals surface area (Å²) in [7, 11) is 0. The molecule has 2 aromatic carbocycles. The van der Waals surface area contributed by atoms with Crippen molar-refractivity contribution in [3.05, 3.63) is 59.9 Å². The van der Waals surface area contributed by atoms with Crippen molar-refractivity contribution >= 4 is 16.6 Å². The second kappa shape index (κ2) is 4.98. The van der Waals surface area contributed by atoms with Gasteiger partial charge >= 0.3 is 6.18 Å². The van der Waals surface area contributed by atoms with Gasteiger partial charge in [-0.3, -0.25) is 0 Å². The van der Waals surface area contributed by atoms with Gasteiger partial charge in [0.15, 0.2) is 0 Å². The van der Waals surface area contributed by atoms with E-state index in [0.717, 1.165) is 6.07 Å². The van der Waals surface area contributed by atoms with Gasteiger partial charge in [0.1, 0.15) is 5.82 Å². The van der Waals surface area contributed by atoms with Gasteiger partial charge in [0.25, 0.3) is 0 Å². The molecule has 112 valence electrons. The molecule has 0 atom stereocenters. The van der Waals surface area contributed by atoms with Gasteiger partial charge in [-0.1, -0.05) is 0 Å². The van der Waals surface area contributed by atoms with Gasteiger partial charge < -0.3 is 5.73 Å². The molecule has 2 nitrogen and oxygen atoms in total. The summed E-state index contributed by atoms with van der Waals surface area (Å²) in [4.78, 5) is 4.21. The number of hydrogen-bond donors (Lipinski definition) is 1. The summed E-state index contributed by atoms with van der Waals surface area (Å²) in [6.07, 6.45) is -4.54. The first-order chi connectivity index (χ1) is 10.3. The average molecular weight is 306 g/mol. The molecular weight excluding hydrogens is 296 g/mol. The lowest BCUT2D eigenvalue weighted by atomic mass is 10.0. The number of rotatable bonds is 1. The molecule has 3 rings (SSSR count). The number of anilines is 1. The second-order valence-corrected chi connectivity index (χ2v) is 4.84. The molecule has 0 unspecified atom stereocenters. The predicted molar refractivity (Wildman–Crippen MR) is 76.6 cm³/mol. The second-order valence-electron chi connectivity index (χ2n) is 4.84.